The highest BCUT2D eigenvalue weighted by Crippen LogP contribution is 2.46. The van der Waals surface area contributed by atoms with Gasteiger partial charge in [-0.3, -0.25) is 19.1 Å². The number of likely N-dealkylation sites (tertiary alicyclic amines) is 1. The molecule has 5 atom stereocenters. The fourth-order valence-electron chi connectivity index (χ4n) is 7.86. The van der Waals surface area contributed by atoms with Crippen molar-refractivity contribution in [1.82, 2.24) is 30.2 Å². The zero-order chi connectivity index (χ0) is 46.2. The van der Waals surface area contributed by atoms with Crippen molar-refractivity contribution in [1.29, 1.82) is 0 Å². The Morgan fingerprint density at radius 3 is 2.38 bits per heavy atom. The molecule has 4 amide bonds. The number of alkyl carbamates (subject to hydrolysis) is 1. The number of furan rings is 1. The first-order valence-corrected chi connectivity index (χ1v) is 22.7. The number of nitrogens with zero attached hydrogens (tertiary/aromatic N) is 3. The number of benzene rings is 2. The van der Waals surface area contributed by atoms with Gasteiger partial charge in [0.1, 0.15) is 40.4 Å². The van der Waals surface area contributed by atoms with E-state index in [9.17, 15) is 40.8 Å². The predicted molar refractivity (Wildman–Crippen MR) is 230 cm³/mol. The van der Waals surface area contributed by atoms with Crippen LogP contribution in [0.3, 0.4) is 0 Å². The van der Waals surface area contributed by atoms with Crippen LogP contribution < -0.4 is 20.1 Å². The van der Waals surface area contributed by atoms with E-state index >= 15 is 0 Å². The second-order valence-electron chi connectivity index (χ2n) is 17.5. The van der Waals surface area contributed by atoms with Crippen molar-refractivity contribution >= 4 is 55.9 Å². The van der Waals surface area contributed by atoms with Crippen LogP contribution in [0.2, 0.25) is 0 Å². The Morgan fingerprint density at radius 1 is 1.02 bits per heavy atom. The zero-order valence-corrected chi connectivity index (χ0v) is 36.5. The maximum absolute atomic E-state index is 14.8. The van der Waals surface area contributed by atoms with Gasteiger partial charge in [-0.2, -0.15) is 18.2 Å². The zero-order valence-electron chi connectivity index (χ0n) is 35.7. The van der Waals surface area contributed by atoms with Crippen LogP contribution in [0, 0.1) is 5.92 Å². The van der Waals surface area contributed by atoms with E-state index in [1.54, 1.807) is 51.1 Å². The standard InChI is InChI=1S/C45H51F3N6O9S/c1-6-8-9-10-11-15-32(49-42(58)63-43(3,4)5)40(56)54-25-29(23-33(54)38(55)52-44(24-27(44)7-2)41(57)53-64(59,60)30-21-22-30)61-39-36-35(31-14-12-13-16-34(31)62-36)50-37(51-39)26-17-19-28(20-18-26)45(46,47)48/h6-7,12-14,16-20,27,29-30,32-33H,1-2,8-11,15,21-25H2,3-5H3,(H,49,58)(H,52,55)(H,53,57)/t27-,29-,32+,33+,44-/m1/s1. The van der Waals surface area contributed by atoms with Crippen LogP contribution in [-0.4, -0.2) is 88.2 Å². The lowest BCUT2D eigenvalue weighted by Gasteiger charge is -2.30. The molecular weight excluding hydrogens is 858 g/mol. The first-order valence-electron chi connectivity index (χ1n) is 21.2. The topological polar surface area (TPSA) is 199 Å². The van der Waals surface area contributed by atoms with Gasteiger partial charge < -0.3 is 29.4 Å². The molecule has 19 heteroatoms. The van der Waals surface area contributed by atoms with Gasteiger partial charge in [-0.15, -0.1) is 13.2 Å². The Labute approximate surface area is 368 Å². The molecule has 4 aromatic rings. The summed E-state index contributed by atoms with van der Waals surface area (Å²) in [6.07, 6.45) is 0.422. The SMILES string of the molecule is C=CCCCCC[C@H](NC(=O)OC(C)(C)C)C(=O)N1C[C@H](Oc2nc(-c3ccc(C(F)(F)F)cc3)nc3c2oc2ccccc23)C[C@H]1C(=O)N[C@]1(C(=O)NS(=O)(=O)C2CC2)C[C@H]1C=C. The molecule has 2 aromatic heterocycles. The lowest BCUT2D eigenvalue weighted by Crippen LogP contribution is -2.58. The highest BCUT2D eigenvalue weighted by Gasteiger charge is 2.62. The van der Waals surface area contributed by atoms with Gasteiger partial charge in [0.05, 0.1) is 17.4 Å². The molecule has 3 N–H and O–H groups in total. The molecule has 0 radical (unpaired) electrons. The third kappa shape index (κ3) is 10.2. The van der Waals surface area contributed by atoms with Crippen molar-refractivity contribution in [2.24, 2.45) is 5.92 Å². The molecule has 1 aliphatic heterocycles. The average Bonchev–Trinajstić information content (AvgIpc) is 4.14. The number of sulfonamides is 1. The average molecular weight is 909 g/mol. The van der Waals surface area contributed by atoms with Crippen molar-refractivity contribution in [3.63, 3.8) is 0 Å². The number of aromatic nitrogens is 2. The summed E-state index contributed by atoms with van der Waals surface area (Å²) in [5.74, 6) is -3.07. The number of hydrogen-bond donors (Lipinski definition) is 3. The van der Waals surface area contributed by atoms with E-state index in [2.05, 4.69) is 38.5 Å². The molecule has 64 heavy (non-hydrogen) atoms. The molecule has 7 rings (SSSR count). The summed E-state index contributed by atoms with van der Waals surface area (Å²) < 4.78 is 86.4. The fourth-order valence-corrected chi connectivity index (χ4v) is 9.22. The second kappa shape index (κ2) is 17.9. The van der Waals surface area contributed by atoms with E-state index in [0.717, 1.165) is 25.0 Å². The number of nitrogens with one attached hydrogen (secondary N) is 3. The van der Waals surface area contributed by atoms with E-state index in [4.69, 9.17) is 13.9 Å². The number of fused-ring (bicyclic) bond motifs is 3. The number of allylic oxidation sites excluding steroid dienone is 1. The predicted octanol–water partition coefficient (Wildman–Crippen LogP) is 7.11. The van der Waals surface area contributed by atoms with Crippen molar-refractivity contribution < 1.29 is 54.7 Å². The van der Waals surface area contributed by atoms with Crippen LogP contribution in [0.25, 0.3) is 33.5 Å². The van der Waals surface area contributed by atoms with Crippen LogP contribution in [0.15, 0.2) is 78.3 Å². The lowest BCUT2D eigenvalue weighted by molar-refractivity contribution is -0.141. The van der Waals surface area contributed by atoms with Crippen LogP contribution in [-0.2, 0) is 35.3 Å². The first kappa shape index (κ1) is 46.0. The van der Waals surface area contributed by atoms with Gasteiger partial charge in [-0.1, -0.05) is 49.3 Å². The molecular formula is C45H51F3N6O9S. The Morgan fingerprint density at radius 2 is 1.73 bits per heavy atom. The minimum Gasteiger partial charge on any atom is -0.470 e. The number of unbranched alkanes of at least 4 members (excludes halogenated alkanes) is 3. The van der Waals surface area contributed by atoms with Crippen molar-refractivity contribution in [3.8, 4) is 17.3 Å². The van der Waals surface area contributed by atoms with E-state index < -0.39 is 86.1 Å². The van der Waals surface area contributed by atoms with Crippen molar-refractivity contribution in [2.75, 3.05) is 6.54 Å². The first-order chi connectivity index (χ1) is 30.2. The molecule has 2 saturated carbocycles. The summed E-state index contributed by atoms with van der Waals surface area (Å²) in [4.78, 5) is 66.6. The van der Waals surface area contributed by atoms with Crippen molar-refractivity contribution in [2.45, 2.75) is 119 Å². The van der Waals surface area contributed by atoms with Crippen LogP contribution >= 0.6 is 0 Å². The molecule has 0 spiro atoms. The van der Waals surface area contributed by atoms with Gasteiger partial charge in [-0.05, 0) is 83.6 Å². The highest BCUT2D eigenvalue weighted by atomic mass is 32.2. The Bertz CT molecular complexity index is 2570. The number of carbonyl (C=O) groups is 4. The monoisotopic (exact) mass is 908 g/mol. The maximum Gasteiger partial charge on any atom is 0.416 e. The van der Waals surface area contributed by atoms with Crippen LogP contribution in [0.5, 0.6) is 5.88 Å². The van der Waals surface area contributed by atoms with Crippen LogP contribution in [0.1, 0.15) is 84.1 Å². The third-order valence-electron chi connectivity index (χ3n) is 11.4. The Hall–Kier alpha value is -5.98. The molecule has 342 valence electrons. The summed E-state index contributed by atoms with van der Waals surface area (Å²) in [5, 5.41) is 5.29. The largest absolute Gasteiger partial charge is 0.470 e. The number of carbonyl (C=O) groups excluding carboxylic acids is 4. The summed E-state index contributed by atoms with van der Waals surface area (Å²) in [6.45, 7) is 12.3. The number of ether oxygens (including phenoxy) is 2. The Kier molecular flexibility index (Phi) is 12.9. The number of hydrogen-bond acceptors (Lipinski definition) is 11. The molecule has 1 saturated heterocycles. The maximum atomic E-state index is 14.8. The molecule has 0 unspecified atom stereocenters. The smallest absolute Gasteiger partial charge is 0.416 e. The fraction of sp³-hybridized carbons (Fsp3) is 0.467. The molecule has 3 heterocycles. The van der Waals surface area contributed by atoms with Gasteiger partial charge in [0.15, 0.2) is 5.82 Å². The van der Waals surface area contributed by atoms with Gasteiger partial charge in [-0.25, -0.2) is 18.2 Å². The minimum absolute atomic E-state index is 0.0133. The van der Waals surface area contributed by atoms with E-state index in [1.807, 2.05) is 0 Å². The van der Waals surface area contributed by atoms with Gasteiger partial charge in [0.25, 0.3) is 11.8 Å². The summed E-state index contributed by atoms with van der Waals surface area (Å²) in [7, 11) is -3.99. The number of alkyl halides is 3. The number of para-hydroxylation sites is 1. The molecule has 2 aromatic carbocycles. The van der Waals surface area contributed by atoms with Gasteiger partial charge >= 0.3 is 12.3 Å². The van der Waals surface area contributed by atoms with Gasteiger partial charge in [0, 0.05) is 23.3 Å². The number of amides is 4. The van der Waals surface area contributed by atoms with Crippen LogP contribution in [0.4, 0.5) is 18.0 Å². The molecule has 2 aliphatic carbocycles. The highest BCUT2D eigenvalue weighted by molar-refractivity contribution is 7.91. The van der Waals surface area contributed by atoms with Gasteiger partial charge in [0.2, 0.25) is 27.4 Å². The van der Waals surface area contributed by atoms with E-state index in [-0.39, 0.29) is 48.7 Å². The third-order valence-corrected chi connectivity index (χ3v) is 13.2. The quantitative estimate of drug-likeness (QED) is 0.0721. The van der Waals surface area contributed by atoms with Crippen molar-refractivity contribution in [3.05, 3.63) is 79.4 Å². The normalized spacial score (nSPS) is 21.5. The molecule has 0 bridgehead atoms. The Balaban J connectivity index is 1.23. The number of rotatable bonds is 17. The molecule has 3 fully saturated rings. The molecule has 3 aliphatic rings. The summed E-state index contributed by atoms with van der Waals surface area (Å²) >= 11 is 0. The molecule has 15 nitrogen and oxygen atoms in total. The second-order valence-corrected chi connectivity index (χ2v) is 19.5. The summed E-state index contributed by atoms with van der Waals surface area (Å²) in [6, 6.07) is 8.74. The minimum atomic E-state index is -4.58. The van der Waals surface area contributed by atoms with E-state index in [1.165, 1.54) is 23.1 Å². The summed E-state index contributed by atoms with van der Waals surface area (Å²) in [5.41, 5.74) is -2.38. The lowest BCUT2D eigenvalue weighted by atomic mass is 10.0. The number of halogens is 3. The van der Waals surface area contributed by atoms with E-state index in [0.29, 0.717) is 42.2 Å².